The van der Waals surface area contributed by atoms with Crippen molar-refractivity contribution in [3.8, 4) is 0 Å². The zero-order valence-corrected chi connectivity index (χ0v) is 11.2. The van der Waals surface area contributed by atoms with Crippen LogP contribution in [-0.2, 0) is 4.79 Å². The van der Waals surface area contributed by atoms with E-state index in [2.05, 4.69) is 4.98 Å². The van der Waals surface area contributed by atoms with Crippen LogP contribution >= 0.6 is 0 Å². The van der Waals surface area contributed by atoms with Gasteiger partial charge in [-0.1, -0.05) is 25.3 Å². The maximum atomic E-state index is 12.3. The van der Waals surface area contributed by atoms with E-state index in [1.165, 1.54) is 19.3 Å². The topological polar surface area (TPSA) is 59.2 Å². The van der Waals surface area contributed by atoms with Crippen LogP contribution in [-0.4, -0.2) is 27.9 Å². The van der Waals surface area contributed by atoms with Crippen molar-refractivity contribution in [2.45, 2.75) is 56.7 Å². The van der Waals surface area contributed by atoms with Crippen LogP contribution in [0.1, 0.15) is 50.3 Å². The Balaban J connectivity index is 1.88. The summed E-state index contributed by atoms with van der Waals surface area (Å²) in [5, 5.41) is 0. The van der Waals surface area contributed by atoms with Crippen LogP contribution in [0.5, 0.6) is 0 Å². The van der Waals surface area contributed by atoms with E-state index in [1.807, 2.05) is 23.1 Å². The molecule has 4 nitrogen and oxygen atoms in total. The fourth-order valence-corrected chi connectivity index (χ4v) is 3.48. The Labute approximate surface area is 114 Å². The quantitative estimate of drug-likeness (QED) is 0.884. The second kappa shape index (κ2) is 5.29. The predicted molar refractivity (Wildman–Crippen MR) is 73.3 cm³/mol. The van der Waals surface area contributed by atoms with Crippen molar-refractivity contribution in [2.75, 3.05) is 0 Å². The van der Waals surface area contributed by atoms with Crippen molar-refractivity contribution in [3.63, 3.8) is 0 Å². The molecule has 0 aromatic carbocycles. The van der Waals surface area contributed by atoms with Crippen LogP contribution < -0.4 is 5.73 Å². The first-order valence-electron chi connectivity index (χ1n) is 7.25. The standard InChI is InChI=1S/C15H21N3O/c16-12-10-14(19)18(11-6-2-1-3-7-11)15(12)13-8-4-5-9-17-13/h4-5,8-9,11-12,15H,1-3,6-7,10,16H2. The molecule has 102 valence electrons. The molecular formula is C15H21N3O. The molecule has 2 fully saturated rings. The highest BCUT2D eigenvalue weighted by Gasteiger charge is 2.42. The zero-order valence-electron chi connectivity index (χ0n) is 11.2. The zero-order chi connectivity index (χ0) is 13.2. The van der Waals surface area contributed by atoms with Crippen molar-refractivity contribution in [2.24, 2.45) is 5.73 Å². The highest BCUT2D eigenvalue weighted by atomic mass is 16.2. The molecule has 1 saturated heterocycles. The van der Waals surface area contributed by atoms with Gasteiger partial charge in [-0.15, -0.1) is 0 Å². The number of nitrogens with two attached hydrogens (primary N) is 1. The number of likely N-dealkylation sites (tertiary alicyclic amines) is 1. The molecule has 0 spiro atoms. The Hall–Kier alpha value is -1.42. The predicted octanol–water partition coefficient (Wildman–Crippen LogP) is 2.01. The summed E-state index contributed by atoms with van der Waals surface area (Å²) in [6, 6.07) is 6.06. The number of hydrogen-bond donors (Lipinski definition) is 1. The van der Waals surface area contributed by atoms with E-state index in [0.29, 0.717) is 12.5 Å². The van der Waals surface area contributed by atoms with E-state index in [0.717, 1.165) is 18.5 Å². The van der Waals surface area contributed by atoms with Crippen LogP contribution in [0.3, 0.4) is 0 Å². The summed E-state index contributed by atoms with van der Waals surface area (Å²) < 4.78 is 0. The molecule has 19 heavy (non-hydrogen) atoms. The molecule has 2 N–H and O–H groups in total. The van der Waals surface area contributed by atoms with Gasteiger partial charge < -0.3 is 10.6 Å². The molecule has 1 aromatic heterocycles. The number of hydrogen-bond acceptors (Lipinski definition) is 3. The van der Waals surface area contributed by atoms with Crippen molar-refractivity contribution in [1.29, 1.82) is 0 Å². The molecule has 1 saturated carbocycles. The third-order valence-electron chi connectivity index (χ3n) is 4.36. The van der Waals surface area contributed by atoms with Crippen molar-refractivity contribution >= 4 is 5.91 Å². The lowest BCUT2D eigenvalue weighted by Crippen LogP contribution is -2.41. The minimum Gasteiger partial charge on any atom is -0.329 e. The molecule has 2 aliphatic rings. The van der Waals surface area contributed by atoms with Crippen LogP contribution in [0.25, 0.3) is 0 Å². The Morgan fingerprint density at radius 2 is 2.00 bits per heavy atom. The molecule has 2 heterocycles. The molecular weight excluding hydrogens is 238 g/mol. The number of rotatable bonds is 2. The maximum absolute atomic E-state index is 12.3. The smallest absolute Gasteiger partial charge is 0.225 e. The van der Waals surface area contributed by atoms with E-state index in [-0.39, 0.29) is 18.0 Å². The Morgan fingerprint density at radius 1 is 1.21 bits per heavy atom. The summed E-state index contributed by atoms with van der Waals surface area (Å²) in [5.74, 6) is 0.204. The molecule has 2 unspecified atom stereocenters. The van der Waals surface area contributed by atoms with E-state index >= 15 is 0 Å². The molecule has 1 amide bonds. The summed E-state index contributed by atoms with van der Waals surface area (Å²) in [6.45, 7) is 0. The summed E-state index contributed by atoms with van der Waals surface area (Å²) in [7, 11) is 0. The maximum Gasteiger partial charge on any atom is 0.225 e. The van der Waals surface area contributed by atoms with Gasteiger partial charge in [0.15, 0.2) is 0 Å². The van der Waals surface area contributed by atoms with Gasteiger partial charge in [-0.3, -0.25) is 9.78 Å². The highest BCUT2D eigenvalue weighted by Crippen LogP contribution is 2.36. The average molecular weight is 259 g/mol. The average Bonchev–Trinajstić information content (AvgIpc) is 2.75. The molecule has 2 atom stereocenters. The van der Waals surface area contributed by atoms with Gasteiger partial charge in [0.1, 0.15) is 0 Å². The number of pyridine rings is 1. The summed E-state index contributed by atoms with van der Waals surface area (Å²) >= 11 is 0. The van der Waals surface area contributed by atoms with Gasteiger partial charge in [-0.25, -0.2) is 0 Å². The third kappa shape index (κ3) is 2.37. The van der Waals surface area contributed by atoms with Gasteiger partial charge in [0.25, 0.3) is 0 Å². The largest absolute Gasteiger partial charge is 0.329 e. The first-order valence-corrected chi connectivity index (χ1v) is 7.25. The second-order valence-corrected chi connectivity index (χ2v) is 5.66. The Bertz CT molecular complexity index is 442. The second-order valence-electron chi connectivity index (χ2n) is 5.66. The fraction of sp³-hybridized carbons (Fsp3) is 0.600. The minimum atomic E-state index is -0.121. The van der Waals surface area contributed by atoms with Gasteiger partial charge in [0, 0.05) is 24.7 Å². The number of carbonyl (C=O) groups is 1. The molecule has 4 heteroatoms. The molecule has 0 bridgehead atoms. The van der Waals surface area contributed by atoms with Gasteiger partial charge in [0.2, 0.25) is 5.91 Å². The van der Waals surface area contributed by atoms with Crippen LogP contribution in [0.4, 0.5) is 0 Å². The first-order chi connectivity index (χ1) is 9.27. The number of carbonyl (C=O) groups excluding carboxylic acids is 1. The number of nitrogens with zero attached hydrogens (tertiary/aromatic N) is 2. The normalized spacial score (nSPS) is 28.9. The highest BCUT2D eigenvalue weighted by molar-refractivity contribution is 5.80. The molecule has 1 aliphatic carbocycles. The van der Waals surface area contributed by atoms with Gasteiger partial charge in [0.05, 0.1) is 11.7 Å². The molecule has 1 aliphatic heterocycles. The third-order valence-corrected chi connectivity index (χ3v) is 4.36. The Morgan fingerprint density at radius 3 is 2.68 bits per heavy atom. The lowest BCUT2D eigenvalue weighted by molar-refractivity contribution is -0.132. The van der Waals surface area contributed by atoms with Crippen LogP contribution in [0.2, 0.25) is 0 Å². The summed E-state index contributed by atoms with van der Waals surface area (Å²) in [4.78, 5) is 18.7. The number of amides is 1. The van der Waals surface area contributed by atoms with Crippen molar-refractivity contribution in [3.05, 3.63) is 30.1 Å². The summed E-state index contributed by atoms with van der Waals surface area (Å²) in [6.07, 6.45) is 8.20. The lowest BCUT2D eigenvalue weighted by atomic mass is 9.93. The fourth-order valence-electron chi connectivity index (χ4n) is 3.48. The minimum absolute atomic E-state index is 0.0307. The monoisotopic (exact) mass is 259 g/mol. The van der Waals surface area contributed by atoms with Crippen molar-refractivity contribution < 1.29 is 4.79 Å². The SMILES string of the molecule is NC1CC(=O)N(C2CCCCC2)C1c1ccccn1. The molecule has 0 radical (unpaired) electrons. The summed E-state index contributed by atoms with van der Waals surface area (Å²) in [5.41, 5.74) is 7.13. The molecule has 1 aromatic rings. The van der Waals surface area contributed by atoms with E-state index in [9.17, 15) is 4.79 Å². The lowest BCUT2D eigenvalue weighted by Gasteiger charge is -2.36. The van der Waals surface area contributed by atoms with Gasteiger partial charge >= 0.3 is 0 Å². The van der Waals surface area contributed by atoms with E-state index in [1.54, 1.807) is 6.20 Å². The first kappa shape index (κ1) is 12.6. The van der Waals surface area contributed by atoms with Crippen LogP contribution in [0, 0.1) is 0 Å². The number of aromatic nitrogens is 1. The van der Waals surface area contributed by atoms with Crippen LogP contribution in [0.15, 0.2) is 24.4 Å². The Kier molecular flexibility index (Phi) is 3.51. The van der Waals surface area contributed by atoms with E-state index in [4.69, 9.17) is 5.73 Å². The van der Waals surface area contributed by atoms with Gasteiger partial charge in [-0.2, -0.15) is 0 Å². The van der Waals surface area contributed by atoms with Crippen molar-refractivity contribution in [1.82, 2.24) is 9.88 Å². The van der Waals surface area contributed by atoms with Gasteiger partial charge in [-0.05, 0) is 25.0 Å². The molecule has 3 rings (SSSR count). The van der Waals surface area contributed by atoms with E-state index < -0.39 is 0 Å².